The number of hydrogen-bond donors (Lipinski definition) is 1. The van der Waals surface area contributed by atoms with Crippen molar-refractivity contribution in [3.8, 4) is 0 Å². The molecule has 3 heteroatoms. The second-order valence-corrected chi connectivity index (χ2v) is 6.98. The van der Waals surface area contributed by atoms with Gasteiger partial charge in [-0.3, -0.25) is 0 Å². The predicted octanol–water partition coefficient (Wildman–Crippen LogP) is 3.04. The Balaban J connectivity index is 1.60. The number of hydrogen-bond acceptors (Lipinski definition) is 3. The molecule has 1 saturated carbocycles. The van der Waals surface area contributed by atoms with E-state index in [4.69, 9.17) is 4.74 Å². The van der Waals surface area contributed by atoms with Crippen LogP contribution < -0.4 is 5.32 Å². The molecule has 0 bridgehead atoms. The van der Waals surface area contributed by atoms with Crippen molar-refractivity contribution >= 4 is 0 Å². The molecule has 1 saturated heterocycles. The van der Waals surface area contributed by atoms with Crippen LogP contribution >= 0.6 is 0 Å². The maximum absolute atomic E-state index is 6.35. The van der Waals surface area contributed by atoms with E-state index in [1.165, 1.54) is 64.7 Å². The molecule has 0 aromatic heterocycles. The Labute approximate surface area is 125 Å². The second kappa shape index (κ2) is 8.35. The maximum Gasteiger partial charge on any atom is 0.0603 e. The third-order valence-electron chi connectivity index (χ3n) is 4.98. The van der Waals surface area contributed by atoms with Crippen LogP contribution in [0.2, 0.25) is 0 Å². The predicted molar refractivity (Wildman–Crippen MR) is 85.1 cm³/mol. The molecule has 0 radical (unpaired) electrons. The largest absolute Gasteiger partial charge is 0.375 e. The normalized spacial score (nSPS) is 30.0. The van der Waals surface area contributed by atoms with Gasteiger partial charge in [0.25, 0.3) is 0 Å². The van der Waals surface area contributed by atoms with Crippen molar-refractivity contribution < 1.29 is 4.74 Å². The van der Waals surface area contributed by atoms with Gasteiger partial charge in [0, 0.05) is 19.1 Å². The zero-order chi connectivity index (χ0) is 14.4. The van der Waals surface area contributed by atoms with Crippen LogP contribution in [0.25, 0.3) is 0 Å². The van der Waals surface area contributed by atoms with Crippen molar-refractivity contribution in [3.05, 3.63) is 0 Å². The van der Waals surface area contributed by atoms with E-state index in [-0.39, 0.29) is 0 Å². The Morgan fingerprint density at radius 3 is 2.15 bits per heavy atom. The molecule has 2 rings (SSSR count). The monoisotopic (exact) mass is 282 g/mol. The summed E-state index contributed by atoms with van der Waals surface area (Å²) in [5.74, 6) is 0.874. The molecule has 2 aliphatic rings. The molecule has 0 spiro atoms. The molecule has 0 amide bonds. The topological polar surface area (TPSA) is 24.5 Å². The molecule has 1 N–H and O–H groups in total. The summed E-state index contributed by atoms with van der Waals surface area (Å²) in [6, 6.07) is 0.618. The zero-order valence-corrected chi connectivity index (χ0v) is 13.7. The number of nitrogens with zero attached hydrogens (tertiary/aromatic N) is 1. The Bertz CT molecular complexity index is 254. The fourth-order valence-corrected chi connectivity index (χ4v) is 3.51. The number of ether oxygens (including phenoxy) is 1. The molecular formula is C17H34N2O. The molecule has 0 unspecified atom stereocenters. The van der Waals surface area contributed by atoms with Gasteiger partial charge in [0.05, 0.1) is 12.2 Å². The fourth-order valence-electron chi connectivity index (χ4n) is 3.51. The summed E-state index contributed by atoms with van der Waals surface area (Å²) in [7, 11) is 0. The Morgan fingerprint density at radius 2 is 1.60 bits per heavy atom. The van der Waals surface area contributed by atoms with Crippen molar-refractivity contribution in [1.82, 2.24) is 10.2 Å². The summed E-state index contributed by atoms with van der Waals surface area (Å²) < 4.78 is 6.35. The Hall–Kier alpha value is -0.120. The number of rotatable bonds is 6. The summed E-state index contributed by atoms with van der Waals surface area (Å²) in [4.78, 5) is 2.54. The summed E-state index contributed by atoms with van der Waals surface area (Å²) in [6.07, 6.45) is 8.80. The fraction of sp³-hybridized carbons (Fsp3) is 1.00. The lowest BCUT2D eigenvalue weighted by Crippen LogP contribution is -2.39. The van der Waals surface area contributed by atoms with E-state index < -0.39 is 0 Å². The van der Waals surface area contributed by atoms with Gasteiger partial charge in [-0.1, -0.05) is 20.8 Å². The first-order valence-electron chi connectivity index (χ1n) is 8.78. The van der Waals surface area contributed by atoms with Crippen LogP contribution in [0.4, 0.5) is 0 Å². The van der Waals surface area contributed by atoms with E-state index in [0.717, 1.165) is 5.92 Å². The summed E-state index contributed by atoms with van der Waals surface area (Å²) >= 11 is 0. The van der Waals surface area contributed by atoms with Crippen LogP contribution in [-0.4, -0.2) is 49.3 Å². The lowest BCUT2D eigenvalue weighted by Gasteiger charge is -2.36. The van der Waals surface area contributed by atoms with Gasteiger partial charge in [0.15, 0.2) is 0 Å². The van der Waals surface area contributed by atoms with E-state index in [0.29, 0.717) is 18.2 Å². The van der Waals surface area contributed by atoms with Gasteiger partial charge in [-0.25, -0.2) is 0 Å². The molecule has 3 nitrogen and oxygen atoms in total. The number of likely N-dealkylation sites (tertiary alicyclic amines) is 1. The van der Waals surface area contributed by atoms with E-state index in [9.17, 15) is 0 Å². The highest BCUT2D eigenvalue weighted by atomic mass is 16.5. The van der Waals surface area contributed by atoms with Crippen molar-refractivity contribution in [3.63, 3.8) is 0 Å². The van der Waals surface area contributed by atoms with Crippen LogP contribution in [0, 0.1) is 5.92 Å². The van der Waals surface area contributed by atoms with Gasteiger partial charge >= 0.3 is 0 Å². The molecular weight excluding hydrogens is 248 g/mol. The van der Waals surface area contributed by atoms with Crippen molar-refractivity contribution in [2.24, 2.45) is 5.92 Å². The molecule has 0 aromatic carbocycles. The van der Waals surface area contributed by atoms with Gasteiger partial charge in [-0.15, -0.1) is 0 Å². The minimum atomic E-state index is 0.535. The third kappa shape index (κ3) is 5.34. The van der Waals surface area contributed by atoms with E-state index in [1.807, 2.05) is 0 Å². The minimum Gasteiger partial charge on any atom is -0.375 e. The number of piperidine rings is 1. The first kappa shape index (κ1) is 16.3. The van der Waals surface area contributed by atoms with Gasteiger partial charge in [0.1, 0.15) is 0 Å². The van der Waals surface area contributed by atoms with Gasteiger partial charge < -0.3 is 15.0 Å². The van der Waals surface area contributed by atoms with Crippen molar-refractivity contribution in [2.45, 2.75) is 77.5 Å². The average molecular weight is 282 g/mol. The average Bonchev–Trinajstić information content (AvgIpc) is 2.47. The van der Waals surface area contributed by atoms with Crippen molar-refractivity contribution in [1.29, 1.82) is 0 Å². The minimum absolute atomic E-state index is 0.535. The van der Waals surface area contributed by atoms with E-state index >= 15 is 0 Å². The maximum atomic E-state index is 6.35. The molecule has 1 aliphatic heterocycles. The SMILES string of the molecule is CCN1CCC(O[C@H]2CC[C@H](CNC(C)C)CC2)CC1. The smallest absolute Gasteiger partial charge is 0.0603 e. The van der Waals surface area contributed by atoms with Crippen LogP contribution in [0.15, 0.2) is 0 Å². The lowest BCUT2D eigenvalue weighted by molar-refractivity contribution is -0.0602. The standard InChI is InChI=1S/C17H34N2O/c1-4-19-11-9-17(10-12-19)20-16-7-5-15(6-8-16)13-18-14(2)3/h14-18H,4-13H2,1-3H3/t15-,16-. The highest BCUT2D eigenvalue weighted by molar-refractivity contribution is 4.78. The highest BCUT2D eigenvalue weighted by Gasteiger charge is 2.26. The summed E-state index contributed by atoms with van der Waals surface area (Å²) in [6.45, 7) is 11.6. The molecule has 0 aromatic rings. The third-order valence-corrected chi connectivity index (χ3v) is 4.98. The molecule has 20 heavy (non-hydrogen) atoms. The van der Waals surface area contributed by atoms with Crippen LogP contribution in [-0.2, 0) is 4.74 Å². The number of nitrogens with one attached hydrogen (secondary N) is 1. The van der Waals surface area contributed by atoms with Crippen molar-refractivity contribution in [2.75, 3.05) is 26.2 Å². The zero-order valence-electron chi connectivity index (χ0n) is 13.7. The van der Waals surface area contributed by atoms with Gasteiger partial charge in [-0.2, -0.15) is 0 Å². The molecule has 118 valence electrons. The van der Waals surface area contributed by atoms with E-state index in [2.05, 4.69) is 31.0 Å². The molecule has 2 fully saturated rings. The van der Waals surface area contributed by atoms with E-state index in [1.54, 1.807) is 0 Å². The van der Waals surface area contributed by atoms with Gasteiger partial charge in [-0.05, 0) is 57.5 Å². The quantitative estimate of drug-likeness (QED) is 0.810. The van der Waals surface area contributed by atoms with Crippen LogP contribution in [0.3, 0.4) is 0 Å². The molecule has 0 atom stereocenters. The van der Waals surface area contributed by atoms with Crippen LogP contribution in [0.5, 0.6) is 0 Å². The summed E-state index contributed by atoms with van der Waals surface area (Å²) in [5.41, 5.74) is 0. The first-order chi connectivity index (χ1) is 9.67. The highest BCUT2D eigenvalue weighted by Crippen LogP contribution is 2.28. The first-order valence-corrected chi connectivity index (χ1v) is 8.78. The molecule has 1 aliphatic carbocycles. The van der Waals surface area contributed by atoms with Gasteiger partial charge in [0.2, 0.25) is 0 Å². The van der Waals surface area contributed by atoms with Crippen LogP contribution in [0.1, 0.15) is 59.3 Å². The molecule has 1 heterocycles. The Morgan fingerprint density at radius 1 is 1.00 bits per heavy atom. The second-order valence-electron chi connectivity index (χ2n) is 6.98. The Kier molecular flexibility index (Phi) is 6.79. The lowest BCUT2D eigenvalue weighted by atomic mass is 9.87. The summed E-state index contributed by atoms with van der Waals surface area (Å²) in [5, 5.41) is 3.58.